The van der Waals surface area contributed by atoms with E-state index in [-0.39, 0.29) is 5.91 Å². The van der Waals surface area contributed by atoms with Crippen molar-refractivity contribution in [3.05, 3.63) is 89.5 Å². The smallest absolute Gasteiger partial charge is 0.228 e. The zero-order chi connectivity index (χ0) is 18.4. The van der Waals surface area contributed by atoms with Gasteiger partial charge in [-0.05, 0) is 66.6 Å². The molecule has 0 bridgehead atoms. The molecule has 3 rings (SSSR count). The first kappa shape index (κ1) is 17.2. The fourth-order valence-electron chi connectivity index (χ4n) is 2.62. The Kier molecular flexibility index (Phi) is 5.31. The number of benzene rings is 3. The van der Waals surface area contributed by atoms with Crippen molar-refractivity contribution in [2.75, 3.05) is 10.6 Å². The molecule has 1 amide bonds. The minimum absolute atomic E-state index is 0.0351. The minimum Gasteiger partial charge on any atom is -0.356 e. The molecule has 0 radical (unpaired) electrons. The van der Waals surface area contributed by atoms with Crippen LogP contribution in [0.4, 0.5) is 17.1 Å². The lowest BCUT2D eigenvalue weighted by Gasteiger charge is -2.10. The first-order chi connectivity index (χ1) is 12.6. The molecule has 4 heteroatoms. The SMILES string of the molecule is Cc1ccccc1CC(=O)Nc1ccc(Nc2ccc(C#N)cc2)cc1. The molecule has 26 heavy (non-hydrogen) atoms. The van der Waals surface area contributed by atoms with E-state index >= 15 is 0 Å². The normalized spacial score (nSPS) is 10.0. The molecule has 4 nitrogen and oxygen atoms in total. The maximum atomic E-state index is 12.2. The summed E-state index contributed by atoms with van der Waals surface area (Å²) >= 11 is 0. The summed E-state index contributed by atoms with van der Waals surface area (Å²) in [6, 6.07) is 24.8. The molecule has 0 spiro atoms. The van der Waals surface area contributed by atoms with Gasteiger partial charge in [0, 0.05) is 17.1 Å². The van der Waals surface area contributed by atoms with Crippen LogP contribution in [0.15, 0.2) is 72.8 Å². The van der Waals surface area contributed by atoms with Crippen LogP contribution in [0.5, 0.6) is 0 Å². The molecule has 0 heterocycles. The van der Waals surface area contributed by atoms with E-state index in [9.17, 15) is 4.79 Å². The predicted molar refractivity (Wildman–Crippen MR) is 104 cm³/mol. The van der Waals surface area contributed by atoms with Crippen LogP contribution >= 0.6 is 0 Å². The highest BCUT2D eigenvalue weighted by Crippen LogP contribution is 2.19. The number of carbonyl (C=O) groups is 1. The van der Waals surface area contributed by atoms with Gasteiger partial charge in [-0.2, -0.15) is 5.26 Å². The van der Waals surface area contributed by atoms with Crippen molar-refractivity contribution in [2.24, 2.45) is 0 Å². The Bertz CT molecular complexity index is 938. The molecule has 0 aliphatic carbocycles. The number of aryl methyl sites for hydroxylation is 1. The van der Waals surface area contributed by atoms with Gasteiger partial charge < -0.3 is 10.6 Å². The van der Waals surface area contributed by atoms with Gasteiger partial charge >= 0.3 is 0 Å². The van der Waals surface area contributed by atoms with Crippen molar-refractivity contribution in [1.29, 1.82) is 5.26 Å². The van der Waals surface area contributed by atoms with Gasteiger partial charge in [-0.25, -0.2) is 0 Å². The number of carbonyl (C=O) groups excluding carboxylic acids is 1. The van der Waals surface area contributed by atoms with Crippen molar-refractivity contribution in [3.63, 3.8) is 0 Å². The summed E-state index contributed by atoms with van der Waals surface area (Å²) in [6.45, 7) is 2.01. The summed E-state index contributed by atoms with van der Waals surface area (Å²) in [5.41, 5.74) is 5.34. The Labute approximate surface area is 153 Å². The van der Waals surface area contributed by atoms with Gasteiger partial charge in [-0.1, -0.05) is 24.3 Å². The third-order valence-corrected chi connectivity index (χ3v) is 4.08. The average molecular weight is 341 g/mol. The molecule has 3 aromatic carbocycles. The summed E-state index contributed by atoms with van der Waals surface area (Å²) in [4.78, 5) is 12.2. The first-order valence-corrected chi connectivity index (χ1v) is 8.35. The molecular weight excluding hydrogens is 322 g/mol. The van der Waals surface area contributed by atoms with E-state index in [1.807, 2.05) is 67.6 Å². The molecule has 0 aliphatic heterocycles. The van der Waals surface area contributed by atoms with Gasteiger partial charge in [0.15, 0.2) is 0 Å². The summed E-state index contributed by atoms with van der Waals surface area (Å²) in [6.07, 6.45) is 0.359. The summed E-state index contributed by atoms with van der Waals surface area (Å²) in [5.74, 6) is -0.0351. The second-order valence-corrected chi connectivity index (χ2v) is 6.04. The highest BCUT2D eigenvalue weighted by molar-refractivity contribution is 5.92. The molecular formula is C22H19N3O. The van der Waals surface area contributed by atoms with Crippen LogP contribution in [0, 0.1) is 18.3 Å². The highest BCUT2D eigenvalue weighted by Gasteiger charge is 2.06. The Morgan fingerprint density at radius 3 is 2.08 bits per heavy atom. The number of nitrogens with zero attached hydrogens (tertiary/aromatic N) is 1. The maximum Gasteiger partial charge on any atom is 0.228 e. The van der Waals surface area contributed by atoms with Crippen molar-refractivity contribution >= 4 is 23.0 Å². The largest absolute Gasteiger partial charge is 0.356 e. The third kappa shape index (κ3) is 4.49. The minimum atomic E-state index is -0.0351. The van der Waals surface area contributed by atoms with E-state index < -0.39 is 0 Å². The molecule has 0 saturated heterocycles. The zero-order valence-corrected chi connectivity index (χ0v) is 14.5. The van der Waals surface area contributed by atoms with Gasteiger partial charge in [0.1, 0.15) is 0 Å². The predicted octanol–water partition coefficient (Wildman–Crippen LogP) is 4.79. The lowest BCUT2D eigenvalue weighted by Crippen LogP contribution is -2.14. The van der Waals surface area contributed by atoms with Gasteiger partial charge in [-0.15, -0.1) is 0 Å². The van der Waals surface area contributed by atoms with E-state index in [0.717, 1.165) is 28.2 Å². The van der Waals surface area contributed by atoms with E-state index in [4.69, 9.17) is 5.26 Å². The number of hydrogen-bond donors (Lipinski definition) is 2. The van der Waals surface area contributed by atoms with Gasteiger partial charge in [0.2, 0.25) is 5.91 Å². The average Bonchev–Trinajstić information content (AvgIpc) is 2.66. The monoisotopic (exact) mass is 341 g/mol. The molecule has 0 aromatic heterocycles. The maximum absolute atomic E-state index is 12.2. The van der Waals surface area contributed by atoms with Crippen LogP contribution < -0.4 is 10.6 Å². The molecule has 3 aromatic rings. The molecule has 128 valence electrons. The second kappa shape index (κ2) is 8.00. The highest BCUT2D eigenvalue weighted by atomic mass is 16.1. The summed E-state index contributed by atoms with van der Waals surface area (Å²) in [7, 11) is 0. The van der Waals surface area contributed by atoms with E-state index in [1.54, 1.807) is 12.1 Å². The van der Waals surface area contributed by atoms with Crippen molar-refractivity contribution in [1.82, 2.24) is 0 Å². The van der Waals surface area contributed by atoms with Crippen LogP contribution in [0.3, 0.4) is 0 Å². The van der Waals surface area contributed by atoms with Crippen molar-refractivity contribution < 1.29 is 4.79 Å². The van der Waals surface area contributed by atoms with Crippen molar-refractivity contribution in [2.45, 2.75) is 13.3 Å². The molecule has 0 saturated carbocycles. The molecule has 0 aliphatic rings. The fourth-order valence-corrected chi connectivity index (χ4v) is 2.62. The van der Waals surface area contributed by atoms with Crippen LogP contribution in [0.2, 0.25) is 0 Å². The number of nitrogens with one attached hydrogen (secondary N) is 2. The van der Waals surface area contributed by atoms with E-state index in [0.29, 0.717) is 12.0 Å². The summed E-state index contributed by atoms with van der Waals surface area (Å²) in [5, 5.41) is 15.0. The Morgan fingerprint density at radius 1 is 0.885 bits per heavy atom. The molecule has 0 unspecified atom stereocenters. The fraction of sp³-hybridized carbons (Fsp3) is 0.0909. The molecule has 0 fully saturated rings. The van der Waals surface area contributed by atoms with Gasteiger partial charge in [0.25, 0.3) is 0 Å². The summed E-state index contributed by atoms with van der Waals surface area (Å²) < 4.78 is 0. The Balaban J connectivity index is 1.59. The Morgan fingerprint density at radius 2 is 1.46 bits per heavy atom. The first-order valence-electron chi connectivity index (χ1n) is 8.35. The number of anilines is 3. The lowest BCUT2D eigenvalue weighted by molar-refractivity contribution is -0.115. The number of hydrogen-bond acceptors (Lipinski definition) is 3. The number of rotatable bonds is 5. The lowest BCUT2D eigenvalue weighted by atomic mass is 10.1. The van der Waals surface area contributed by atoms with Crippen LogP contribution in [-0.2, 0) is 11.2 Å². The molecule has 2 N–H and O–H groups in total. The van der Waals surface area contributed by atoms with Gasteiger partial charge in [0.05, 0.1) is 18.1 Å². The number of amides is 1. The number of nitriles is 1. The molecule has 0 atom stereocenters. The van der Waals surface area contributed by atoms with E-state index in [2.05, 4.69) is 16.7 Å². The van der Waals surface area contributed by atoms with Crippen LogP contribution in [0.25, 0.3) is 0 Å². The third-order valence-electron chi connectivity index (χ3n) is 4.08. The topological polar surface area (TPSA) is 64.9 Å². The standard InChI is InChI=1S/C22H19N3O/c1-16-4-2-3-5-18(16)14-22(26)25-21-12-10-20(11-13-21)24-19-8-6-17(15-23)7-9-19/h2-13,24H,14H2,1H3,(H,25,26). The van der Waals surface area contributed by atoms with Gasteiger partial charge in [-0.3, -0.25) is 4.79 Å². The quantitative estimate of drug-likeness (QED) is 0.701. The zero-order valence-electron chi connectivity index (χ0n) is 14.5. The second-order valence-electron chi connectivity index (χ2n) is 6.04. The van der Waals surface area contributed by atoms with Crippen LogP contribution in [0.1, 0.15) is 16.7 Å². The van der Waals surface area contributed by atoms with Crippen LogP contribution in [-0.4, -0.2) is 5.91 Å². The van der Waals surface area contributed by atoms with Crippen molar-refractivity contribution in [3.8, 4) is 6.07 Å². The van der Waals surface area contributed by atoms with E-state index in [1.165, 1.54) is 0 Å². The Hall–Kier alpha value is -3.58.